The molecule has 1 saturated heterocycles. The number of aromatic hydroxyl groups is 1. The Morgan fingerprint density at radius 1 is 1.44 bits per heavy atom. The number of hydrogen-bond acceptors (Lipinski definition) is 2. The predicted molar refractivity (Wildman–Crippen MR) is 60.6 cm³/mol. The molecule has 0 amide bonds. The maximum absolute atomic E-state index is 12.9. The summed E-state index contributed by atoms with van der Waals surface area (Å²) in [4.78, 5) is 1.72. The van der Waals surface area contributed by atoms with Crippen molar-refractivity contribution in [1.29, 1.82) is 0 Å². The van der Waals surface area contributed by atoms with Crippen LogP contribution in [0.25, 0.3) is 0 Å². The second-order valence-corrected chi connectivity index (χ2v) is 4.96. The third-order valence-corrected chi connectivity index (χ3v) is 3.30. The Balaban J connectivity index is 2.02. The molecule has 0 aliphatic carbocycles. The van der Waals surface area contributed by atoms with E-state index in [1.807, 2.05) is 0 Å². The van der Waals surface area contributed by atoms with Crippen LogP contribution in [0.2, 0.25) is 0 Å². The molecule has 88 valence electrons. The van der Waals surface area contributed by atoms with E-state index in [0.717, 1.165) is 5.56 Å². The zero-order chi connectivity index (χ0) is 11.8. The molecule has 0 radical (unpaired) electrons. The zero-order valence-electron chi connectivity index (χ0n) is 8.59. The highest BCUT2D eigenvalue weighted by Gasteiger charge is 2.37. The van der Waals surface area contributed by atoms with Crippen LogP contribution in [0.1, 0.15) is 12.0 Å². The Labute approximate surface area is 101 Å². The van der Waals surface area contributed by atoms with E-state index < -0.39 is 5.92 Å². The Kier molecular flexibility index (Phi) is 3.17. The maximum atomic E-state index is 12.9. The molecule has 0 bridgehead atoms. The van der Waals surface area contributed by atoms with Crippen molar-refractivity contribution in [3.8, 4) is 5.75 Å². The van der Waals surface area contributed by atoms with Gasteiger partial charge < -0.3 is 5.11 Å². The van der Waals surface area contributed by atoms with Crippen molar-refractivity contribution in [3.05, 3.63) is 28.2 Å². The Hall–Kier alpha value is -0.680. The molecule has 0 aromatic heterocycles. The SMILES string of the molecule is Oc1ccc(CN2CCC(F)(F)C2)cc1Br. The number of nitrogens with zero attached hydrogens (tertiary/aromatic N) is 1. The minimum absolute atomic E-state index is 0.0632. The van der Waals surface area contributed by atoms with Gasteiger partial charge in [-0.3, -0.25) is 4.90 Å². The summed E-state index contributed by atoms with van der Waals surface area (Å²) in [7, 11) is 0. The standard InChI is InChI=1S/C11H12BrF2NO/c12-9-5-8(1-2-10(9)16)6-15-4-3-11(13,14)7-15/h1-2,5,16H,3-4,6-7H2. The molecule has 1 aliphatic rings. The van der Waals surface area contributed by atoms with Crippen molar-refractivity contribution in [3.63, 3.8) is 0 Å². The van der Waals surface area contributed by atoms with Gasteiger partial charge >= 0.3 is 0 Å². The largest absolute Gasteiger partial charge is 0.507 e. The zero-order valence-corrected chi connectivity index (χ0v) is 10.2. The van der Waals surface area contributed by atoms with Gasteiger partial charge in [-0.05, 0) is 33.6 Å². The summed E-state index contributed by atoms with van der Waals surface area (Å²) in [6.45, 7) is 0.742. The third-order valence-electron chi connectivity index (χ3n) is 2.67. The summed E-state index contributed by atoms with van der Waals surface area (Å²) in [5, 5.41) is 9.31. The molecule has 1 aromatic carbocycles. The van der Waals surface area contributed by atoms with Gasteiger partial charge in [-0.15, -0.1) is 0 Å². The van der Waals surface area contributed by atoms with Gasteiger partial charge in [-0.25, -0.2) is 8.78 Å². The molecule has 1 heterocycles. The Morgan fingerprint density at radius 3 is 2.75 bits per heavy atom. The van der Waals surface area contributed by atoms with E-state index in [1.54, 1.807) is 23.1 Å². The third kappa shape index (κ3) is 2.71. The van der Waals surface area contributed by atoms with Crippen LogP contribution in [-0.4, -0.2) is 29.0 Å². The number of halogens is 3. The topological polar surface area (TPSA) is 23.5 Å². The summed E-state index contributed by atoms with van der Waals surface area (Å²) in [6.07, 6.45) is -0.0632. The van der Waals surface area contributed by atoms with Crippen LogP contribution in [0.15, 0.2) is 22.7 Å². The second kappa shape index (κ2) is 4.30. The molecule has 2 rings (SSSR count). The molecular weight excluding hydrogens is 280 g/mol. The molecule has 5 heteroatoms. The fourth-order valence-corrected chi connectivity index (χ4v) is 2.28. The van der Waals surface area contributed by atoms with Crippen LogP contribution >= 0.6 is 15.9 Å². The lowest BCUT2D eigenvalue weighted by molar-refractivity contribution is 0.0115. The summed E-state index contributed by atoms with van der Waals surface area (Å²) in [5.74, 6) is -2.38. The molecular formula is C11H12BrF2NO. The number of phenolic OH excluding ortho intramolecular Hbond substituents is 1. The molecule has 2 nitrogen and oxygen atoms in total. The van der Waals surface area contributed by atoms with Crippen LogP contribution in [0.3, 0.4) is 0 Å². The van der Waals surface area contributed by atoms with Crippen molar-refractivity contribution < 1.29 is 13.9 Å². The molecule has 0 unspecified atom stereocenters. The molecule has 1 aliphatic heterocycles. The Bertz CT molecular complexity index is 398. The number of alkyl halides is 2. The maximum Gasteiger partial charge on any atom is 0.261 e. The predicted octanol–water partition coefficient (Wildman–Crippen LogP) is 3.00. The second-order valence-electron chi connectivity index (χ2n) is 4.10. The molecule has 0 saturated carbocycles. The van der Waals surface area contributed by atoms with Gasteiger partial charge in [0, 0.05) is 19.5 Å². The monoisotopic (exact) mass is 291 g/mol. The van der Waals surface area contributed by atoms with Gasteiger partial charge in [0.25, 0.3) is 5.92 Å². The fraction of sp³-hybridized carbons (Fsp3) is 0.455. The normalized spacial score (nSPS) is 20.2. The van der Waals surface area contributed by atoms with E-state index in [0.29, 0.717) is 17.6 Å². The average Bonchev–Trinajstić information content (AvgIpc) is 2.52. The van der Waals surface area contributed by atoms with E-state index in [2.05, 4.69) is 15.9 Å². The van der Waals surface area contributed by atoms with Gasteiger partial charge in [0.05, 0.1) is 11.0 Å². The van der Waals surface area contributed by atoms with Crippen molar-refractivity contribution in [2.24, 2.45) is 0 Å². The van der Waals surface area contributed by atoms with Gasteiger partial charge in [0.15, 0.2) is 0 Å². The number of likely N-dealkylation sites (tertiary alicyclic amines) is 1. The van der Waals surface area contributed by atoms with Gasteiger partial charge in [0.2, 0.25) is 0 Å². The van der Waals surface area contributed by atoms with Crippen molar-refractivity contribution in [2.45, 2.75) is 18.9 Å². The molecule has 1 N–H and O–H groups in total. The van der Waals surface area contributed by atoms with Gasteiger partial charge in [0.1, 0.15) is 5.75 Å². The van der Waals surface area contributed by atoms with E-state index >= 15 is 0 Å². The fourth-order valence-electron chi connectivity index (χ4n) is 1.85. The van der Waals surface area contributed by atoms with Crippen LogP contribution in [0.4, 0.5) is 8.78 Å². The van der Waals surface area contributed by atoms with Crippen LogP contribution in [0, 0.1) is 0 Å². The highest BCUT2D eigenvalue weighted by atomic mass is 79.9. The minimum Gasteiger partial charge on any atom is -0.507 e. The van der Waals surface area contributed by atoms with Gasteiger partial charge in [-0.2, -0.15) is 0 Å². The number of phenols is 1. The lowest BCUT2D eigenvalue weighted by Crippen LogP contribution is -2.24. The van der Waals surface area contributed by atoms with Crippen LogP contribution in [0.5, 0.6) is 5.75 Å². The molecule has 1 aromatic rings. The number of rotatable bonds is 2. The average molecular weight is 292 g/mol. The smallest absolute Gasteiger partial charge is 0.261 e. The summed E-state index contributed by atoms with van der Waals surface area (Å²) in [6, 6.07) is 5.07. The van der Waals surface area contributed by atoms with Crippen LogP contribution in [-0.2, 0) is 6.54 Å². The molecule has 1 fully saturated rings. The first-order valence-corrected chi connectivity index (χ1v) is 5.83. The first-order chi connectivity index (χ1) is 7.46. The number of hydrogen-bond donors (Lipinski definition) is 1. The molecule has 0 atom stereocenters. The molecule has 0 spiro atoms. The highest BCUT2D eigenvalue weighted by molar-refractivity contribution is 9.10. The van der Waals surface area contributed by atoms with E-state index in [1.165, 1.54) is 0 Å². The van der Waals surface area contributed by atoms with E-state index in [-0.39, 0.29) is 18.7 Å². The highest BCUT2D eigenvalue weighted by Crippen LogP contribution is 2.29. The first-order valence-electron chi connectivity index (χ1n) is 5.04. The summed E-state index contributed by atoms with van der Waals surface area (Å²) >= 11 is 3.20. The van der Waals surface area contributed by atoms with Gasteiger partial charge in [-0.1, -0.05) is 6.07 Å². The Morgan fingerprint density at radius 2 is 2.19 bits per heavy atom. The van der Waals surface area contributed by atoms with E-state index in [4.69, 9.17) is 0 Å². The van der Waals surface area contributed by atoms with E-state index in [9.17, 15) is 13.9 Å². The minimum atomic E-state index is -2.55. The van der Waals surface area contributed by atoms with Crippen molar-refractivity contribution in [1.82, 2.24) is 4.90 Å². The van der Waals surface area contributed by atoms with Crippen molar-refractivity contribution >= 4 is 15.9 Å². The number of benzene rings is 1. The quantitative estimate of drug-likeness (QED) is 0.905. The molecule has 16 heavy (non-hydrogen) atoms. The lowest BCUT2D eigenvalue weighted by Gasteiger charge is -2.15. The summed E-state index contributed by atoms with van der Waals surface area (Å²) < 4.78 is 26.5. The van der Waals surface area contributed by atoms with Crippen LogP contribution < -0.4 is 0 Å². The lowest BCUT2D eigenvalue weighted by atomic mass is 10.2. The first kappa shape index (κ1) is 11.8. The summed E-state index contributed by atoms with van der Waals surface area (Å²) in [5.41, 5.74) is 0.919. The van der Waals surface area contributed by atoms with Crippen molar-refractivity contribution in [2.75, 3.05) is 13.1 Å².